The molecule has 0 bridgehead atoms. The van der Waals surface area contributed by atoms with Crippen molar-refractivity contribution in [2.45, 2.75) is 65.2 Å². The largest absolute Gasteiger partial charge is 0.111 e. The van der Waals surface area contributed by atoms with Gasteiger partial charge in [-0.3, -0.25) is 0 Å². The molecule has 0 saturated heterocycles. The first-order valence-corrected chi connectivity index (χ1v) is 18.8. The third-order valence-corrected chi connectivity index (χ3v) is 16.6. The zero-order chi connectivity index (χ0) is 17.4. The first-order chi connectivity index (χ1) is 10.4. The Labute approximate surface area is 146 Å². The summed E-state index contributed by atoms with van der Waals surface area (Å²) >= 11 is 0. The van der Waals surface area contributed by atoms with E-state index in [9.17, 15) is 0 Å². The van der Waals surface area contributed by atoms with Crippen LogP contribution in [0, 0.1) is 11.8 Å². The minimum atomic E-state index is -1.52. The molecular weight excluding hydrogens is 324 g/mol. The topological polar surface area (TPSA) is 0 Å². The van der Waals surface area contributed by atoms with Crippen molar-refractivity contribution in [1.82, 2.24) is 0 Å². The van der Waals surface area contributed by atoms with Crippen molar-refractivity contribution in [2.75, 3.05) is 0 Å². The van der Waals surface area contributed by atoms with Crippen LogP contribution in [0.25, 0.3) is 0 Å². The Balaban J connectivity index is 2.21. The Hall–Kier alpha value is -0.389. The second-order valence-electron chi connectivity index (χ2n) is 10.3. The molecule has 3 rings (SSSR count). The number of hydrogen-bond donors (Lipinski definition) is 0. The molecule has 2 aliphatic carbocycles. The summed E-state index contributed by atoms with van der Waals surface area (Å²) in [5.74, 6) is 1.43. The Bertz CT molecular complexity index is 663. The second-order valence-corrected chi connectivity index (χ2v) is 24.3. The minimum absolute atomic E-state index is 0.701. The van der Waals surface area contributed by atoms with E-state index < -0.39 is 24.2 Å². The first kappa shape index (κ1) is 17.4. The molecule has 2 atom stereocenters. The van der Waals surface area contributed by atoms with Crippen LogP contribution in [0.5, 0.6) is 0 Å². The van der Waals surface area contributed by atoms with Crippen molar-refractivity contribution < 1.29 is 0 Å². The van der Waals surface area contributed by atoms with Gasteiger partial charge < -0.3 is 0 Å². The third-order valence-electron chi connectivity index (χ3n) is 6.49. The van der Waals surface area contributed by atoms with Crippen LogP contribution in [0.15, 0.2) is 45.1 Å². The predicted molar refractivity (Wildman–Crippen MR) is 113 cm³/mol. The van der Waals surface area contributed by atoms with Gasteiger partial charge in [-0.15, -0.1) is 0 Å². The quantitative estimate of drug-likeness (QED) is 0.509. The van der Waals surface area contributed by atoms with Crippen LogP contribution in [-0.4, -0.2) is 24.2 Å². The Morgan fingerprint density at radius 2 is 1.43 bits per heavy atom. The van der Waals surface area contributed by atoms with E-state index in [0.717, 1.165) is 11.5 Å². The molecule has 0 amide bonds. The normalized spacial score (nSPS) is 31.2. The SMILES string of the molecule is CC(C)C1C=CC2=C1[Si](C)(C)C1=CC([Si](C)(C)C)C=C1[Si]2(C)C. The van der Waals surface area contributed by atoms with Gasteiger partial charge in [-0.2, -0.15) is 0 Å². The van der Waals surface area contributed by atoms with Gasteiger partial charge in [0.25, 0.3) is 0 Å². The van der Waals surface area contributed by atoms with Gasteiger partial charge in [0, 0.05) is 0 Å². The highest BCUT2D eigenvalue weighted by Gasteiger charge is 2.52. The van der Waals surface area contributed by atoms with Crippen molar-refractivity contribution in [1.29, 1.82) is 0 Å². The van der Waals surface area contributed by atoms with Gasteiger partial charge in [0.15, 0.2) is 0 Å². The maximum atomic E-state index is 2.74. The lowest BCUT2D eigenvalue weighted by molar-refractivity contribution is 0.544. The molecule has 23 heavy (non-hydrogen) atoms. The van der Waals surface area contributed by atoms with E-state index in [1.807, 2.05) is 15.6 Å². The van der Waals surface area contributed by atoms with Gasteiger partial charge in [-0.1, -0.05) is 105 Å². The molecule has 0 aromatic heterocycles. The summed E-state index contributed by atoms with van der Waals surface area (Å²) in [6, 6.07) is 0. The van der Waals surface area contributed by atoms with Crippen LogP contribution in [0.2, 0.25) is 51.4 Å². The van der Waals surface area contributed by atoms with Crippen LogP contribution in [0.3, 0.4) is 0 Å². The highest BCUT2D eigenvalue weighted by atomic mass is 28.3. The molecule has 0 radical (unpaired) electrons. The molecule has 0 fully saturated rings. The van der Waals surface area contributed by atoms with Crippen molar-refractivity contribution in [2.24, 2.45) is 11.8 Å². The van der Waals surface area contributed by atoms with Crippen molar-refractivity contribution >= 4 is 24.2 Å². The van der Waals surface area contributed by atoms with Gasteiger partial charge >= 0.3 is 0 Å². The summed E-state index contributed by atoms with van der Waals surface area (Å²) in [4.78, 5) is 0. The average Bonchev–Trinajstić information content (AvgIpc) is 3.02. The van der Waals surface area contributed by atoms with Crippen LogP contribution in [-0.2, 0) is 0 Å². The lowest BCUT2D eigenvalue weighted by Crippen LogP contribution is -2.49. The third kappa shape index (κ3) is 2.42. The highest BCUT2D eigenvalue weighted by Crippen LogP contribution is 2.55. The van der Waals surface area contributed by atoms with E-state index in [2.05, 4.69) is 84.0 Å². The monoisotopic (exact) mass is 358 g/mol. The zero-order valence-corrected chi connectivity index (χ0v) is 19.5. The second kappa shape index (κ2) is 5.06. The van der Waals surface area contributed by atoms with E-state index in [1.54, 1.807) is 5.20 Å². The molecule has 1 heterocycles. The van der Waals surface area contributed by atoms with E-state index in [0.29, 0.717) is 5.92 Å². The molecule has 1 aliphatic heterocycles. The fraction of sp³-hybridized carbons (Fsp3) is 0.600. The smallest absolute Gasteiger partial charge is 0.0808 e. The number of hydrogen-bond acceptors (Lipinski definition) is 0. The summed E-state index contributed by atoms with van der Waals surface area (Å²) in [5, 5.41) is 7.33. The predicted octanol–water partition coefficient (Wildman–Crippen LogP) is 6.29. The van der Waals surface area contributed by atoms with E-state index in [-0.39, 0.29) is 0 Å². The summed E-state index contributed by atoms with van der Waals surface area (Å²) in [5.41, 5.74) is 0.757. The van der Waals surface area contributed by atoms with E-state index in [1.165, 1.54) is 0 Å². The van der Waals surface area contributed by atoms with Crippen molar-refractivity contribution in [3.05, 3.63) is 45.1 Å². The first-order valence-electron chi connectivity index (χ1n) is 9.26. The molecule has 2 unspecified atom stereocenters. The van der Waals surface area contributed by atoms with Gasteiger partial charge in [-0.05, 0) is 17.4 Å². The number of fused-ring (bicyclic) bond motifs is 1. The Morgan fingerprint density at radius 3 is 1.91 bits per heavy atom. The molecule has 3 aliphatic rings. The molecule has 0 saturated carbocycles. The molecular formula is C20H34Si3. The van der Waals surface area contributed by atoms with Gasteiger partial charge in [-0.25, -0.2) is 0 Å². The fourth-order valence-electron chi connectivity index (χ4n) is 4.89. The lowest BCUT2D eigenvalue weighted by Gasteiger charge is -2.44. The summed E-state index contributed by atoms with van der Waals surface area (Å²) < 4.78 is 0. The van der Waals surface area contributed by atoms with Gasteiger partial charge in [0.1, 0.15) is 16.1 Å². The number of rotatable bonds is 2. The molecule has 3 heteroatoms. The van der Waals surface area contributed by atoms with Crippen molar-refractivity contribution in [3.63, 3.8) is 0 Å². The maximum Gasteiger partial charge on any atom is 0.111 e. The maximum absolute atomic E-state index is 2.74. The van der Waals surface area contributed by atoms with Gasteiger partial charge in [0.05, 0.1) is 8.07 Å². The van der Waals surface area contributed by atoms with Crippen molar-refractivity contribution in [3.8, 4) is 0 Å². The molecule has 126 valence electrons. The number of allylic oxidation sites excluding steroid dienone is 8. The Morgan fingerprint density at radius 1 is 0.913 bits per heavy atom. The van der Waals surface area contributed by atoms with Crippen LogP contribution in [0.4, 0.5) is 0 Å². The zero-order valence-electron chi connectivity index (χ0n) is 16.5. The molecule has 0 nitrogen and oxygen atoms in total. The summed E-state index contributed by atoms with van der Waals surface area (Å²) in [7, 11) is -4.18. The average molecular weight is 359 g/mol. The lowest BCUT2D eigenvalue weighted by atomic mass is 9.98. The fourth-order valence-corrected chi connectivity index (χ4v) is 17.0. The molecule has 0 spiro atoms. The molecule has 0 aromatic carbocycles. The summed E-state index contributed by atoms with van der Waals surface area (Å²) in [6.45, 7) is 22.9. The minimum Gasteiger partial charge on any atom is -0.0808 e. The standard InChI is InChI=1S/C20H34Si3/c1-14(2)16-10-11-17-20(16)23(8,9)19-13-15(21(3,4)5)12-18(19)22(17,6)7/h10-16H,1-9H3. The highest BCUT2D eigenvalue weighted by molar-refractivity contribution is 7.04. The van der Waals surface area contributed by atoms with Crippen LogP contribution < -0.4 is 0 Å². The van der Waals surface area contributed by atoms with Crippen LogP contribution in [0.1, 0.15) is 13.8 Å². The molecule has 0 aromatic rings. The van der Waals surface area contributed by atoms with Crippen LogP contribution >= 0.6 is 0 Å². The van der Waals surface area contributed by atoms with Gasteiger partial charge in [0.2, 0.25) is 0 Å². The summed E-state index contributed by atoms with van der Waals surface area (Å²) in [6.07, 6.45) is 10.5. The van der Waals surface area contributed by atoms with E-state index >= 15 is 0 Å². The Kier molecular flexibility index (Phi) is 3.83. The molecule has 0 N–H and O–H groups in total. The van der Waals surface area contributed by atoms with E-state index in [4.69, 9.17) is 0 Å².